The van der Waals surface area contributed by atoms with Gasteiger partial charge >= 0.3 is 11.9 Å². The van der Waals surface area contributed by atoms with Crippen LogP contribution in [0.25, 0.3) is 0 Å². The van der Waals surface area contributed by atoms with Crippen LogP contribution in [0.1, 0.15) is 19.3 Å². The number of ether oxygens (including phenoxy) is 2. The molecule has 0 aromatic heterocycles. The lowest BCUT2D eigenvalue weighted by atomic mass is 9.80. The van der Waals surface area contributed by atoms with Gasteiger partial charge < -0.3 is 14.8 Å². The number of rotatable bonds is 3. The van der Waals surface area contributed by atoms with E-state index in [-0.39, 0.29) is 5.60 Å². The molecule has 1 saturated carbocycles. The maximum absolute atomic E-state index is 11.0. The van der Waals surface area contributed by atoms with Gasteiger partial charge in [-0.25, -0.2) is 4.79 Å². The maximum Gasteiger partial charge on any atom is 0.396 e. The van der Waals surface area contributed by atoms with Crippen LogP contribution in [0.4, 0.5) is 0 Å². The third kappa shape index (κ3) is 2.23. The molecule has 0 spiro atoms. The first-order chi connectivity index (χ1) is 6.63. The number of amides is 1. The van der Waals surface area contributed by atoms with Crippen molar-refractivity contribution in [3.63, 3.8) is 0 Å². The SMILES string of the molecule is COC(=O)C(=O)NCC1(OC)CCC1. The number of methoxy groups -OCH3 is 2. The van der Waals surface area contributed by atoms with Gasteiger partial charge in [0.2, 0.25) is 0 Å². The zero-order valence-corrected chi connectivity index (χ0v) is 8.46. The van der Waals surface area contributed by atoms with Crippen LogP contribution in [0.2, 0.25) is 0 Å². The minimum absolute atomic E-state index is 0.260. The van der Waals surface area contributed by atoms with E-state index >= 15 is 0 Å². The number of carbonyl (C=O) groups excluding carboxylic acids is 2. The smallest absolute Gasteiger partial charge is 0.396 e. The van der Waals surface area contributed by atoms with Crippen molar-refractivity contribution in [2.45, 2.75) is 24.9 Å². The van der Waals surface area contributed by atoms with Crippen LogP contribution in [-0.4, -0.2) is 38.2 Å². The Bertz CT molecular complexity index is 229. The zero-order chi connectivity index (χ0) is 10.6. The Balaban J connectivity index is 2.32. The molecule has 14 heavy (non-hydrogen) atoms. The molecule has 0 aliphatic heterocycles. The summed E-state index contributed by atoms with van der Waals surface area (Å²) in [7, 11) is 2.79. The first-order valence-corrected chi connectivity index (χ1v) is 4.55. The third-order valence-corrected chi connectivity index (χ3v) is 2.64. The lowest BCUT2D eigenvalue weighted by Gasteiger charge is -2.40. The summed E-state index contributed by atoms with van der Waals surface area (Å²) in [5.41, 5.74) is -0.260. The summed E-state index contributed by atoms with van der Waals surface area (Å²) < 4.78 is 9.54. The summed E-state index contributed by atoms with van der Waals surface area (Å²) in [5, 5.41) is 2.49. The molecule has 0 radical (unpaired) electrons. The molecule has 0 aromatic rings. The Hall–Kier alpha value is -1.10. The first kappa shape index (κ1) is 11.0. The van der Waals surface area contributed by atoms with E-state index in [2.05, 4.69) is 10.1 Å². The van der Waals surface area contributed by atoms with Crippen molar-refractivity contribution in [3.8, 4) is 0 Å². The van der Waals surface area contributed by atoms with Crippen molar-refractivity contribution in [3.05, 3.63) is 0 Å². The van der Waals surface area contributed by atoms with Gasteiger partial charge in [0, 0.05) is 13.7 Å². The highest BCUT2D eigenvalue weighted by atomic mass is 16.5. The average Bonchev–Trinajstić information content (AvgIpc) is 2.15. The number of hydrogen-bond acceptors (Lipinski definition) is 4. The molecule has 1 aliphatic carbocycles. The van der Waals surface area contributed by atoms with E-state index in [1.807, 2.05) is 0 Å². The molecule has 0 heterocycles. The van der Waals surface area contributed by atoms with E-state index in [0.717, 1.165) is 19.3 Å². The molecular weight excluding hydrogens is 186 g/mol. The molecule has 0 unspecified atom stereocenters. The van der Waals surface area contributed by atoms with Crippen LogP contribution in [0, 0.1) is 0 Å². The van der Waals surface area contributed by atoms with E-state index in [1.165, 1.54) is 7.11 Å². The Kier molecular flexibility index (Phi) is 3.46. The van der Waals surface area contributed by atoms with Gasteiger partial charge in [-0.1, -0.05) is 0 Å². The normalized spacial score (nSPS) is 18.1. The topological polar surface area (TPSA) is 64.6 Å². The van der Waals surface area contributed by atoms with Gasteiger partial charge in [0.15, 0.2) is 0 Å². The summed E-state index contributed by atoms with van der Waals surface area (Å²) in [6.07, 6.45) is 2.94. The summed E-state index contributed by atoms with van der Waals surface area (Å²) in [5.74, 6) is -1.58. The molecule has 80 valence electrons. The van der Waals surface area contributed by atoms with Crippen molar-refractivity contribution in [1.29, 1.82) is 0 Å². The van der Waals surface area contributed by atoms with Crippen molar-refractivity contribution in [1.82, 2.24) is 5.32 Å². The van der Waals surface area contributed by atoms with Gasteiger partial charge in [-0.2, -0.15) is 0 Å². The minimum Gasteiger partial charge on any atom is -0.462 e. The van der Waals surface area contributed by atoms with E-state index in [0.29, 0.717) is 6.54 Å². The van der Waals surface area contributed by atoms with Crippen molar-refractivity contribution >= 4 is 11.9 Å². The molecular formula is C9H15NO4. The monoisotopic (exact) mass is 201 g/mol. The van der Waals surface area contributed by atoms with Crippen LogP contribution >= 0.6 is 0 Å². The molecule has 1 rings (SSSR count). The Morgan fingerprint density at radius 1 is 1.36 bits per heavy atom. The summed E-state index contributed by atoms with van der Waals surface area (Å²) in [6.45, 7) is 0.372. The largest absolute Gasteiger partial charge is 0.462 e. The molecule has 0 atom stereocenters. The molecule has 1 fully saturated rings. The summed E-state index contributed by atoms with van der Waals surface area (Å²) >= 11 is 0. The second-order valence-electron chi connectivity index (χ2n) is 3.41. The molecule has 5 nitrogen and oxygen atoms in total. The van der Waals surface area contributed by atoms with Gasteiger partial charge in [-0.3, -0.25) is 4.79 Å². The predicted molar refractivity (Wildman–Crippen MR) is 48.6 cm³/mol. The molecule has 1 N–H and O–H groups in total. The van der Waals surface area contributed by atoms with Crippen LogP contribution < -0.4 is 5.32 Å². The van der Waals surface area contributed by atoms with Crippen LogP contribution in [0.15, 0.2) is 0 Å². The third-order valence-electron chi connectivity index (χ3n) is 2.64. The van der Waals surface area contributed by atoms with Gasteiger partial charge in [0.1, 0.15) is 0 Å². The number of carbonyl (C=O) groups is 2. The molecule has 0 bridgehead atoms. The first-order valence-electron chi connectivity index (χ1n) is 4.55. The summed E-state index contributed by atoms with van der Waals surface area (Å²) in [4.78, 5) is 21.8. The van der Waals surface area contributed by atoms with Crippen LogP contribution in [0.5, 0.6) is 0 Å². The fraction of sp³-hybridized carbons (Fsp3) is 0.778. The van der Waals surface area contributed by atoms with E-state index in [9.17, 15) is 9.59 Å². The van der Waals surface area contributed by atoms with Gasteiger partial charge in [-0.05, 0) is 19.3 Å². The van der Waals surface area contributed by atoms with E-state index in [1.54, 1.807) is 7.11 Å². The second kappa shape index (κ2) is 4.41. The average molecular weight is 201 g/mol. The highest BCUT2D eigenvalue weighted by Gasteiger charge is 2.37. The number of hydrogen-bond donors (Lipinski definition) is 1. The standard InChI is InChI=1S/C9H15NO4/c1-13-8(12)7(11)10-6-9(14-2)4-3-5-9/h3-6H2,1-2H3,(H,10,11). The lowest BCUT2D eigenvalue weighted by Crippen LogP contribution is -2.50. The predicted octanol–water partition coefficient (Wildman–Crippen LogP) is -0.155. The quantitative estimate of drug-likeness (QED) is 0.509. The lowest BCUT2D eigenvalue weighted by molar-refractivity contribution is -0.153. The zero-order valence-electron chi connectivity index (χ0n) is 8.46. The van der Waals surface area contributed by atoms with E-state index < -0.39 is 11.9 Å². The highest BCUT2D eigenvalue weighted by Crippen LogP contribution is 2.34. The molecule has 1 aliphatic rings. The van der Waals surface area contributed by atoms with Gasteiger partial charge in [0.25, 0.3) is 0 Å². The van der Waals surface area contributed by atoms with E-state index in [4.69, 9.17) is 4.74 Å². The van der Waals surface area contributed by atoms with Crippen LogP contribution in [0.3, 0.4) is 0 Å². The highest BCUT2D eigenvalue weighted by molar-refractivity contribution is 6.32. The molecule has 1 amide bonds. The van der Waals surface area contributed by atoms with Gasteiger partial charge in [-0.15, -0.1) is 0 Å². The Labute approximate surface area is 82.8 Å². The van der Waals surface area contributed by atoms with Gasteiger partial charge in [0.05, 0.1) is 12.7 Å². The second-order valence-corrected chi connectivity index (χ2v) is 3.41. The fourth-order valence-electron chi connectivity index (χ4n) is 1.43. The maximum atomic E-state index is 11.0. The van der Waals surface area contributed by atoms with Crippen molar-refractivity contribution in [2.24, 2.45) is 0 Å². The van der Waals surface area contributed by atoms with Crippen LogP contribution in [-0.2, 0) is 19.1 Å². The Morgan fingerprint density at radius 3 is 2.36 bits per heavy atom. The number of esters is 1. The molecule has 5 heteroatoms. The minimum atomic E-state index is -0.865. The number of nitrogens with one attached hydrogen (secondary N) is 1. The summed E-state index contributed by atoms with van der Waals surface area (Å²) in [6, 6.07) is 0. The Morgan fingerprint density at radius 2 is 2.00 bits per heavy atom. The molecule has 0 saturated heterocycles. The van der Waals surface area contributed by atoms with Crippen molar-refractivity contribution < 1.29 is 19.1 Å². The fourth-order valence-corrected chi connectivity index (χ4v) is 1.43. The van der Waals surface area contributed by atoms with Crippen molar-refractivity contribution in [2.75, 3.05) is 20.8 Å². The molecule has 0 aromatic carbocycles.